The number of hydrogen-bond acceptors (Lipinski definition) is 5. The molecule has 150 valence electrons. The third-order valence-corrected chi connectivity index (χ3v) is 3.43. The van der Waals surface area contributed by atoms with Gasteiger partial charge in [0.15, 0.2) is 17.3 Å². The average Bonchev–Trinajstić information content (AvgIpc) is 2.61. The molecule has 0 atom stereocenters. The molecule has 1 heterocycles. The maximum absolute atomic E-state index is 13.5. The van der Waals surface area contributed by atoms with Gasteiger partial charge in [-0.15, -0.1) is 0 Å². The van der Waals surface area contributed by atoms with Gasteiger partial charge < -0.3 is 15.4 Å². The van der Waals surface area contributed by atoms with E-state index in [4.69, 9.17) is 0 Å². The molecule has 2 N–H and O–H groups in total. The van der Waals surface area contributed by atoms with Crippen molar-refractivity contribution in [3.05, 3.63) is 52.9 Å². The summed E-state index contributed by atoms with van der Waals surface area (Å²) in [6.45, 7) is 0.134. The fourth-order valence-electron chi connectivity index (χ4n) is 2.19. The monoisotopic (exact) mass is 403 g/mol. The van der Waals surface area contributed by atoms with E-state index in [0.717, 1.165) is 7.11 Å². The van der Waals surface area contributed by atoms with E-state index in [1.165, 1.54) is 12.3 Å². The van der Waals surface area contributed by atoms with Crippen molar-refractivity contribution in [1.29, 1.82) is 0 Å². The molecule has 0 aliphatic heterocycles. The number of aromatic nitrogens is 1. The summed E-state index contributed by atoms with van der Waals surface area (Å²) in [4.78, 5) is 28.0. The van der Waals surface area contributed by atoms with E-state index in [2.05, 4.69) is 20.4 Å². The number of halogens is 5. The number of aryl methyl sites for hydroxylation is 1. The Morgan fingerprint density at radius 3 is 2.36 bits per heavy atom. The van der Waals surface area contributed by atoms with Crippen molar-refractivity contribution < 1.29 is 36.3 Å². The molecular weight excluding hydrogens is 389 g/mol. The Morgan fingerprint density at radius 1 is 1.11 bits per heavy atom. The number of pyridine rings is 1. The van der Waals surface area contributed by atoms with Crippen molar-refractivity contribution in [3.8, 4) is 0 Å². The number of carbonyl (C=O) groups is 2. The van der Waals surface area contributed by atoms with Crippen LogP contribution in [0.3, 0.4) is 0 Å². The van der Waals surface area contributed by atoms with Crippen LogP contribution >= 0.6 is 0 Å². The molecular formula is C17H14F5N3O3. The third-order valence-electron chi connectivity index (χ3n) is 3.43. The van der Waals surface area contributed by atoms with E-state index in [1.54, 1.807) is 6.92 Å². The summed E-state index contributed by atoms with van der Waals surface area (Å²) in [6.07, 6.45) is -3.31. The van der Waals surface area contributed by atoms with Gasteiger partial charge in [0, 0.05) is 12.3 Å². The van der Waals surface area contributed by atoms with Gasteiger partial charge in [-0.1, -0.05) is 0 Å². The van der Waals surface area contributed by atoms with Crippen LogP contribution in [0.15, 0.2) is 24.4 Å². The molecule has 0 spiro atoms. The Morgan fingerprint density at radius 2 is 1.75 bits per heavy atom. The number of hydrogen-bond donors (Lipinski definition) is 2. The molecule has 0 saturated heterocycles. The fraction of sp³-hybridized carbons (Fsp3) is 0.235. The zero-order valence-corrected chi connectivity index (χ0v) is 14.6. The van der Waals surface area contributed by atoms with Crippen LogP contribution in [0.1, 0.15) is 26.4 Å². The molecule has 0 radical (unpaired) electrons. The van der Waals surface area contributed by atoms with Crippen molar-refractivity contribution >= 4 is 23.3 Å². The highest BCUT2D eigenvalue weighted by Gasteiger charge is 2.28. The molecule has 2 rings (SSSR count). The first kappa shape index (κ1) is 21.1. The summed E-state index contributed by atoms with van der Waals surface area (Å²) in [7, 11) is 0.996. The largest absolute Gasteiger partial charge is 0.465 e. The molecule has 0 saturated carbocycles. The molecule has 1 aromatic heterocycles. The molecule has 28 heavy (non-hydrogen) atoms. The van der Waals surface area contributed by atoms with Crippen LogP contribution < -0.4 is 10.6 Å². The number of carbonyl (C=O) groups excluding carboxylic acids is 2. The average molecular weight is 403 g/mol. The summed E-state index contributed by atoms with van der Waals surface area (Å²) in [5, 5.41) is 4.19. The summed E-state index contributed by atoms with van der Waals surface area (Å²) in [5.41, 5.74) is -1.09. The summed E-state index contributed by atoms with van der Waals surface area (Å²) in [6, 6.07) is 2.35. The number of esters is 1. The highest BCUT2D eigenvalue weighted by Crippen LogP contribution is 2.24. The summed E-state index contributed by atoms with van der Waals surface area (Å²) >= 11 is 0. The maximum Gasteiger partial charge on any atom is 0.405 e. The number of methoxy groups -OCH3 is 1. The number of benzene rings is 1. The quantitative estimate of drug-likeness (QED) is 0.588. The van der Waals surface area contributed by atoms with Crippen LogP contribution in [0.2, 0.25) is 0 Å². The number of nitrogens with one attached hydrogen (secondary N) is 2. The Labute approximate surface area is 155 Å². The number of nitrogens with zero attached hydrogens (tertiary/aromatic N) is 1. The first-order chi connectivity index (χ1) is 13.0. The number of rotatable bonds is 5. The molecule has 0 fully saturated rings. The zero-order chi connectivity index (χ0) is 21.1. The van der Waals surface area contributed by atoms with Crippen molar-refractivity contribution in [2.45, 2.75) is 13.1 Å². The van der Waals surface area contributed by atoms with Gasteiger partial charge in [0.05, 0.1) is 24.0 Å². The van der Waals surface area contributed by atoms with Crippen molar-refractivity contribution in [1.82, 2.24) is 4.98 Å². The molecule has 1 amide bonds. The van der Waals surface area contributed by atoms with Gasteiger partial charge >= 0.3 is 12.1 Å². The summed E-state index contributed by atoms with van der Waals surface area (Å²) in [5.74, 6) is -4.79. The maximum atomic E-state index is 13.5. The second-order valence-corrected chi connectivity index (χ2v) is 5.64. The molecule has 2 aromatic rings. The van der Waals surface area contributed by atoms with Gasteiger partial charge in [-0.25, -0.2) is 18.6 Å². The topological polar surface area (TPSA) is 80.3 Å². The molecule has 0 aliphatic rings. The second kappa shape index (κ2) is 8.19. The van der Waals surface area contributed by atoms with Crippen molar-refractivity contribution in [3.63, 3.8) is 0 Å². The predicted octanol–water partition coefficient (Wildman–Crippen LogP) is 3.68. The number of amides is 1. The van der Waals surface area contributed by atoms with Crippen LogP contribution in [-0.2, 0) is 4.74 Å². The van der Waals surface area contributed by atoms with Gasteiger partial charge in [-0.2, -0.15) is 13.2 Å². The minimum absolute atomic E-state index is 0.225. The lowest BCUT2D eigenvalue weighted by molar-refractivity contribution is -0.115. The Bertz CT molecular complexity index is 916. The van der Waals surface area contributed by atoms with Crippen molar-refractivity contribution in [2.24, 2.45) is 0 Å². The first-order valence-corrected chi connectivity index (χ1v) is 7.68. The van der Waals surface area contributed by atoms with E-state index in [9.17, 15) is 31.5 Å². The van der Waals surface area contributed by atoms with Crippen LogP contribution in [0.25, 0.3) is 0 Å². The Balaban J connectivity index is 2.38. The van der Waals surface area contributed by atoms with Crippen LogP contribution in [0.5, 0.6) is 0 Å². The van der Waals surface area contributed by atoms with E-state index in [0.29, 0.717) is 17.7 Å². The Kier molecular flexibility index (Phi) is 6.16. The molecule has 0 aliphatic carbocycles. The van der Waals surface area contributed by atoms with Crippen LogP contribution in [-0.4, -0.2) is 36.7 Å². The van der Waals surface area contributed by atoms with Crippen LogP contribution in [0.4, 0.5) is 33.3 Å². The number of ether oxygens (including phenoxy) is 1. The molecule has 0 unspecified atom stereocenters. The van der Waals surface area contributed by atoms with Crippen molar-refractivity contribution in [2.75, 3.05) is 24.3 Å². The number of alkyl halides is 3. The van der Waals surface area contributed by atoms with E-state index >= 15 is 0 Å². The smallest absolute Gasteiger partial charge is 0.405 e. The SMILES string of the molecule is COC(=O)c1cc(F)c(F)cc1NC(=O)c1ncc(C)cc1NCC(F)(F)F. The van der Waals surface area contributed by atoms with E-state index in [-0.39, 0.29) is 5.69 Å². The predicted molar refractivity (Wildman–Crippen MR) is 89.2 cm³/mol. The van der Waals surface area contributed by atoms with Gasteiger partial charge in [0.2, 0.25) is 0 Å². The van der Waals surface area contributed by atoms with Gasteiger partial charge in [0.1, 0.15) is 6.54 Å². The third kappa shape index (κ3) is 5.15. The minimum Gasteiger partial charge on any atom is -0.465 e. The number of anilines is 2. The second-order valence-electron chi connectivity index (χ2n) is 5.64. The molecule has 1 aromatic carbocycles. The molecule has 0 bridgehead atoms. The molecule has 6 nitrogen and oxygen atoms in total. The Hall–Kier alpha value is -3.24. The van der Waals surface area contributed by atoms with E-state index in [1.807, 2.05) is 0 Å². The normalized spacial score (nSPS) is 11.1. The highest BCUT2D eigenvalue weighted by molar-refractivity contribution is 6.09. The fourth-order valence-corrected chi connectivity index (χ4v) is 2.19. The van der Waals surface area contributed by atoms with Crippen LogP contribution in [0, 0.1) is 18.6 Å². The summed E-state index contributed by atoms with van der Waals surface area (Å²) < 4.78 is 68.8. The highest BCUT2D eigenvalue weighted by atomic mass is 19.4. The minimum atomic E-state index is -4.55. The molecule has 11 heteroatoms. The van der Waals surface area contributed by atoms with E-state index < -0.39 is 53.2 Å². The standard InChI is InChI=1S/C17H14F5N3O3/c1-8-3-13(24-7-17(20,21)22)14(23-6-8)15(26)25-12-5-11(19)10(18)4-9(12)16(27)28-2/h3-6,24H,7H2,1-2H3,(H,25,26). The van der Waals surface area contributed by atoms with Gasteiger partial charge in [-0.3, -0.25) is 4.79 Å². The zero-order valence-electron chi connectivity index (χ0n) is 14.6. The first-order valence-electron chi connectivity index (χ1n) is 7.68. The van der Waals surface area contributed by atoms with Gasteiger partial charge in [0.25, 0.3) is 5.91 Å². The lowest BCUT2D eigenvalue weighted by Gasteiger charge is -2.15. The lowest BCUT2D eigenvalue weighted by atomic mass is 10.1. The van der Waals surface area contributed by atoms with Gasteiger partial charge in [-0.05, 0) is 24.6 Å². The lowest BCUT2D eigenvalue weighted by Crippen LogP contribution is -2.24.